The van der Waals surface area contributed by atoms with Crippen molar-refractivity contribution in [2.24, 2.45) is 0 Å². The van der Waals surface area contributed by atoms with Gasteiger partial charge in [0.15, 0.2) is 0 Å². The number of hydrogen-bond donors (Lipinski definition) is 2. The Morgan fingerprint density at radius 2 is 1.95 bits per heavy atom. The summed E-state index contributed by atoms with van der Waals surface area (Å²) in [6, 6.07) is 11.1. The molecule has 0 amide bonds. The van der Waals surface area contributed by atoms with Crippen LogP contribution in [0.25, 0.3) is 0 Å². The zero-order valence-electron chi connectivity index (χ0n) is 11.6. The number of rotatable bonds is 5. The number of aryl methyl sites for hydroxylation is 1. The molecule has 0 aliphatic heterocycles. The molecule has 2 aromatic carbocycles. The Balaban J connectivity index is 2.04. The standard InChI is InChI=1S/C15H17FN2O2S/c1-11-3-2-4-12(7-11)5-6-18-21(19,20)15-9-13(16)8-14(17)10-15/h2-4,7-10,18H,5-6,17H2,1H3. The fourth-order valence-electron chi connectivity index (χ4n) is 2.02. The van der Waals surface area contributed by atoms with Gasteiger partial charge in [0.25, 0.3) is 0 Å². The molecule has 0 atom stereocenters. The third-order valence-corrected chi connectivity index (χ3v) is 4.43. The topological polar surface area (TPSA) is 72.2 Å². The van der Waals surface area contributed by atoms with Crippen molar-refractivity contribution < 1.29 is 12.8 Å². The van der Waals surface area contributed by atoms with Crippen molar-refractivity contribution >= 4 is 15.7 Å². The molecule has 0 bridgehead atoms. The van der Waals surface area contributed by atoms with Crippen molar-refractivity contribution in [2.75, 3.05) is 12.3 Å². The van der Waals surface area contributed by atoms with Gasteiger partial charge in [-0.05, 0) is 37.1 Å². The maximum absolute atomic E-state index is 13.2. The van der Waals surface area contributed by atoms with Crippen LogP contribution in [0.3, 0.4) is 0 Å². The van der Waals surface area contributed by atoms with Crippen LogP contribution in [0.1, 0.15) is 11.1 Å². The molecule has 0 saturated carbocycles. The molecule has 0 saturated heterocycles. The Bertz CT molecular complexity index is 725. The van der Waals surface area contributed by atoms with Crippen LogP contribution < -0.4 is 10.5 Å². The van der Waals surface area contributed by atoms with Gasteiger partial charge in [-0.3, -0.25) is 0 Å². The monoisotopic (exact) mass is 308 g/mol. The van der Waals surface area contributed by atoms with E-state index in [1.165, 1.54) is 6.07 Å². The first-order chi connectivity index (χ1) is 9.87. The van der Waals surface area contributed by atoms with E-state index in [1.807, 2.05) is 31.2 Å². The molecule has 0 aliphatic carbocycles. The quantitative estimate of drug-likeness (QED) is 0.832. The second kappa shape index (κ2) is 6.24. The van der Waals surface area contributed by atoms with Crippen LogP contribution in [0.15, 0.2) is 47.4 Å². The smallest absolute Gasteiger partial charge is 0.240 e. The third-order valence-electron chi connectivity index (χ3n) is 2.99. The molecule has 21 heavy (non-hydrogen) atoms. The van der Waals surface area contributed by atoms with E-state index in [0.717, 1.165) is 23.3 Å². The largest absolute Gasteiger partial charge is 0.399 e. The number of benzene rings is 2. The van der Waals surface area contributed by atoms with E-state index in [4.69, 9.17) is 5.73 Å². The summed E-state index contributed by atoms with van der Waals surface area (Å²) in [6.07, 6.45) is 0.561. The minimum Gasteiger partial charge on any atom is -0.399 e. The number of halogens is 1. The molecule has 0 heterocycles. The molecule has 6 heteroatoms. The van der Waals surface area contributed by atoms with Crippen LogP contribution in [0.2, 0.25) is 0 Å². The number of hydrogen-bond acceptors (Lipinski definition) is 3. The molecule has 0 aliphatic rings. The maximum Gasteiger partial charge on any atom is 0.240 e. The summed E-state index contributed by atoms with van der Waals surface area (Å²) in [7, 11) is -3.76. The number of nitrogens with two attached hydrogens (primary N) is 1. The Hall–Kier alpha value is -1.92. The summed E-state index contributed by atoms with van der Waals surface area (Å²) in [5.41, 5.74) is 7.70. The summed E-state index contributed by atoms with van der Waals surface area (Å²) in [4.78, 5) is -0.163. The predicted octanol–water partition coefficient (Wildman–Crippen LogP) is 2.24. The van der Waals surface area contributed by atoms with E-state index in [0.29, 0.717) is 6.42 Å². The predicted molar refractivity (Wildman–Crippen MR) is 80.9 cm³/mol. The van der Waals surface area contributed by atoms with E-state index < -0.39 is 15.8 Å². The Labute approximate surface area is 123 Å². The summed E-state index contributed by atoms with van der Waals surface area (Å²) in [5.74, 6) is -0.672. The first-order valence-corrected chi connectivity index (χ1v) is 7.96. The van der Waals surface area contributed by atoms with Gasteiger partial charge in [0.1, 0.15) is 5.82 Å². The second-order valence-corrected chi connectivity index (χ2v) is 6.62. The van der Waals surface area contributed by atoms with Crippen LogP contribution in [0, 0.1) is 12.7 Å². The van der Waals surface area contributed by atoms with Gasteiger partial charge < -0.3 is 5.73 Å². The lowest BCUT2D eigenvalue weighted by Gasteiger charge is -2.08. The average molecular weight is 308 g/mol. The molecule has 2 aromatic rings. The van der Waals surface area contributed by atoms with Crippen molar-refractivity contribution in [1.29, 1.82) is 0 Å². The van der Waals surface area contributed by atoms with Crippen molar-refractivity contribution in [3.8, 4) is 0 Å². The number of sulfonamides is 1. The highest BCUT2D eigenvalue weighted by Crippen LogP contribution is 2.15. The van der Waals surface area contributed by atoms with Crippen molar-refractivity contribution in [3.05, 3.63) is 59.4 Å². The van der Waals surface area contributed by atoms with Crippen molar-refractivity contribution in [3.63, 3.8) is 0 Å². The highest BCUT2D eigenvalue weighted by Gasteiger charge is 2.15. The minimum absolute atomic E-state index is 0.0778. The van der Waals surface area contributed by atoms with Crippen LogP contribution in [0.4, 0.5) is 10.1 Å². The number of nitrogen functional groups attached to an aromatic ring is 1. The summed E-state index contributed by atoms with van der Waals surface area (Å²) in [6.45, 7) is 2.21. The molecular weight excluding hydrogens is 291 g/mol. The van der Waals surface area contributed by atoms with E-state index >= 15 is 0 Å². The molecule has 0 aromatic heterocycles. The summed E-state index contributed by atoms with van der Waals surface area (Å²) in [5, 5.41) is 0. The van der Waals surface area contributed by atoms with Crippen molar-refractivity contribution in [1.82, 2.24) is 4.72 Å². The van der Waals surface area contributed by atoms with Crippen LogP contribution in [-0.4, -0.2) is 15.0 Å². The fourth-order valence-corrected chi connectivity index (χ4v) is 3.12. The first kappa shape index (κ1) is 15.5. The Kier molecular flexibility index (Phi) is 4.59. The highest BCUT2D eigenvalue weighted by molar-refractivity contribution is 7.89. The van der Waals surface area contributed by atoms with Gasteiger partial charge in [0, 0.05) is 12.2 Å². The van der Waals surface area contributed by atoms with Crippen LogP contribution in [-0.2, 0) is 16.4 Å². The molecular formula is C15H17FN2O2S. The van der Waals surface area contributed by atoms with E-state index in [-0.39, 0.29) is 17.1 Å². The molecule has 0 fully saturated rings. The van der Waals surface area contributed by atoms with Gasteiger partial charge >= 0.3 is 0 Å². The van der Waals surface area contributed by atoms with E-state index in [2.05, 4.69) is 4.72 Å². The zero-order chi connectivity index (χ0) is 15.5. The molecule has 2 rings (SSSR count). The van der Waals surface area contributed by atoms with Gasteiger partial charge in [-0.25, -0.2) is 17.5 Å². The van der Waals surface area contributed by atoms with Gasteiger partial charge in [-0.2, -0.15) is 0 Å². The average Bonchev–Trinajstić information content (AvgIpc) is 2.37. The van der Waals surface area contributed by atoms with Gasteiger partial charge in [0.05, 0.1) is 4.90 Å². The Morgan fingerprint density at radius 1 is 1.19 bits per heavy atom. The lowest BCUT2D eigenvalue weighted by Crippen LogP contribution is -2.26. The highest BCUT2D eigenvalue weighted by atomic mass is 32.2. The third kappa shape index (κ3) is 4.27. The first-order valence-electron chi connectivity index (χ1n) is 6.48. The molecule has 0 radical (unpaired) electrons. The lowest BCUT2D eigenvalue weighted by atomic mass is 10.1. The van der Waals surface area contributed by atoms with Crippen LogP contribution >= 0.6 is 0 Å². The molecule has 4 nitrogen and oxygen atoms in total. The molecule has 0 unspecified atom stereocenters. The molecule has 112 valence electrons. The zero-order valence-corrected chi connectivity index (χ0v) is 12.5. The van der Waals surface area contributed by atoms with Crippen molar-refractivity contribution in [2.45, 2.75) is 18.2 Å². The van der Waals surface area contributed by atoms with E-state index in [1.54, 1.807) is 0 Å². The van der Waals surface area contributed by atoms with Gasteiger partial charge in [0.2, 0.25) is 10.0 Å². The maximum atomic E-state index is 13.2. The lowest BCUT2D eigenvalue weighted by molar-refractivity contribution is 0.578. The minimum atomic E-state index is -3.76. The van der Waals surface area contributed by atoms with Gasteiger partial charge in [-0.1, -0.05) is 29.8 Å². The fraction of sp³-hybridized carbons (Fsp3) is 0.200. The molecule has 0 spiro atoms. The number of anilines is 1. The number of nitrogens with one attached hydrogen (secondary N) is 1. The summed E-state index contributed by atoms with van der Waals surface area (Å²) < 4.78 is 39.8. The van der Waals surface area contributed by atoms with Crippen LogP contribution in [0.5, 0.6) is 0 Å². The molecule has 3 N–H and O–H groups in total. The SMILES string of the molecule is Cc1cccc(CCNS(=O)(=O)c2cc(N)cc(F)c2)c1. The van der Waals surface area contributed by atoms with Gasteiger partial charge in [-0.15, -0.1) is 0 Å². The van der Waals surface area contributed by atoms with E-state index in [9.17, 15) is 12.8 Å². The Morgan fingerprint density at radius 3 is 2.62 bits per heavy atom. The normalized spacial score (nSPS) is 11.5. The summed E-state index contributed by atoms with van der Waals surface area (Å²) >= 11 is 0. The second-order valence-electron chi connectivity index (χ2n) is 4.86.